The quantitative estimate of drug-likeness (QED) is 0.731. The third-order valence-corrected chi connectivity index (χ3v) is 5.92. The minimum atomic E-state index is -3.61. The van der Waals surface area contributed by atoms with Crippen LogP contribution in [0.4, 0.5) is 0 Å². The summed E-state index contributed by atoms with van der Waals surface area (Å²) in [6.07, 6.45) is 1.63. The lowest BCUT2D eigenvalue weighted by atomic mass is 10.3. The number of piperazine rings is 1. The average Bonchev–Trinajstić information content (AvgIpc) is 2.90. The SMILES string of the molecule is CC(C)OCCN1CCN(S(=O)(=O)c2cc(C(N)=O)n(C)c2)CC1. The van der Waals surface area contributed by atoms with Crippen molar-refractivity contribution < 1.29 is 17.9 Å². The van der Waals surface area contributed by atoms with Crippen LogP contribution in [0.2, 0.25) is 0 Å². The summed E-state index contributed by atoms with van der Waals surface area (Å²) in [5.74, 6) is -0.645. The lowest BCUT2D eigenvalue weighted by Crippen LogP contribution is -2.49. The van der Waals surface area contributed by atoms with E-state index in [-0.39, 0.29) is 16.7 Å². The van der Waals surface area contributed by atoms with Gasteiger partial charge in [0.15, 0.2) is 0 Å². The molecule has 1 fully saturated rings. The van der Waals surface area contributed by atoms with Gasteiger partial charge in [-0.15, -0.1) is 0 Å². The maximum absolute atomic E-state index is 12.7. The molecule has 0 spiro atoms. The lowest BCUT2D eigenvalue weighted by molar-refractivity contribution is 0.0521. The van der Waals surface area contributed by atoms with E-state index < -0.39 is 15.9 Å². The molecule has 0 aromatic carbocycles. The van der Waals surface area contributed by atoms with Crippen molar-refractivity contribution >= 4 is 15.9 Å². The molecule has 0 radical (unpaired) electrons. The van der Waals surface area contributed by atoms with Gasteiger partial charge in [-0.1, -0.05) is 0 Å². The zero-order valence-electron chi connectivity index (χ0n) is 14.4. The van der Waals surface area contributed by atoms with Crippen molar-refractivity contribution in [3.63, 3.8) is 0 Å². The van der Waals surface area contributed by atoms with Gasteiger partial charge < -0.3 is 15.0 Å². The Morgan fingerprint density at radius 1 is 1.29 bits per heavy atom. The predicted molar refractivity (Wildman–Crippen MR) is 90.2 cm³/mol. The molecule has 1 aliphatic rings. The topological polar surface area (TPSA) is 97.9 Å². The Kier molecular flexibility index (Phi) is 6.02. The summed E-state index contributed by atoms with van der Waals surface area (Å²) < 4.78 is 33.8. The molecular weight excluding hydrogens is 332 g/mol. The van der Waals surface area contributed by atoms with E-state index in [0.717, 1.165) is 6.54 Å². The summed E-state index contributed by atoms with van der Waals surface area (Å²) in [6, 6.07) is 1.33. The molecule has 2 heterocycles. The van der Waals surface area contributed by atoms with E-state index in [2.05, 4.69) is 4.90 Å². The first-order chi connectivity index (χ1) is 11.2. The number of ether oxygens (including phenoxy) is 1. The minimum Gasteiger partial charge on any atom is -0.377 e. The van der Waals surface area contributed by atoms with Crippen LogP contribution in [0.3, 0.4) is 0 Å². The molecule has 0 bridgehead atoms. The van der Waals surface area contributed by atoms with Crippen molar-refractivity contribution in [2.45, 2.75) is 24.8 Å². The number of primary amides is 1. The van der Waals surface area contributed by atoms with E-state index in [1.807, 2.05) is 13.8 Å². The van der Waals surface area contributed by atoms with Crippen LogP contribution in [0.15, 0.2) is 17.2 Å². The highest BCUT2D eigenvalue weighted by Crippen LogP contribution is 2.20. The van der Waals surface area contributed by atoms with Gasteiger partial charge in [0.2, 0.25) is 10.0 Å². The Balaban J connectivity index is 1.97. The fourth-order valence-electron chi connectivity index (χ4n) is 2.68. The van der Waals surface area contributed by atoms with E-state index in [9.17, 15) is 13.2 Å². The maximum atomic E-state index is 12.7. The van der Waals surface area contributed by atoms with Gasteiger partial charge in [0, 0.05) is 46.0 Å². The highest BCUT2D eigenvalue weighted by Gasteiger charge is 2.30. The number of amides is 1. The molecule has 2 N–H and O–H groups in total. The van der Waals surface area contributed by atoms with Gasteiger partial charge in [-0.3, -0.25) is 9.69 Å². The number of sulfonamides is 1. The van der Waals surface area contributed by atoms with E-state index in [4.69, 9.17) is 10.5 Å². The molecule has 0 unspecified atom stereocenters. The standard InChI is InChI=1S/C15H26N4O4S/c1-12(2)23-9-8-18-4-6-19(7-5-18)24(21,22)13-10-14(15(16)20)17(3)11-13/h10-12H,4-9H2,1-3H3,(H2,16,20). The van der Waals surface area contributed by atoms with Crippen molar-refractivity contribution in [2.24, 2.45) is 12.8 Å². The third kappa shape index (κ3) is 4.35. The summed E-state index contributed by atoms with van der Waals surface area (Å²) in [4.78, 5) is 13.6. The molecular formula is C15H26N4O4S. The molecule has 0 atom stereocenters. The van der Waals surface area contributed by atoms with Gasteiger partial charge >= 0.3 is 0 Å². The maximum Gasteiger partial charge on any atom is 0.265 e. The van der Waals surface area contributed by atoms with Crippen molar-refractivity contribution in [1.82, 2.24) is 13.8 Å². The zero-order valence-corrected chi connectivity index (χ0v) is 15.3. The minimum absolute atomic E-state index is 0.107. The van der Waals surface area contributed by atoms with Crippen LogP contribution in [-0.4, -0.2) is 73.5 Å². The van der Waals surface area contributed by atoms with E-state index in [1.165, 1.54) is 21.1 Å². The van der Waals surface area contributed by atoms with Gasteiger partial charge in [0.05, 0.1) is 12.7 Å². The normalized spacial score (nSPS) is 17.5. The monoisotopic (exact) mass is 358 g/mol. The number of aryl methyl sites for hydroxylation is 1. The number of nitrogens with zero attached hydrogens (tertiary/aromatic N) is 3. The van der Waals surface area contributed by atoms with Gasteiger partial charge in [0.25, 0.3) is 5.91 Å². The number of carbonyl (C=O) groups is 1. The van der Waals surface area contributed by atoms with Crippen LogP contribution in [0.25, 0.3) is 0 Å². The lowest BCUT2D eigenvalue weighted by Gasteiger charge is -2.33. The van der Waals surface area contributed by atoms with Gasteiger partial charge in [-0.25, -0.2) is 8.42 Å². The first-order valence-corrected chi connectivity index (χ1v) is 9.46. The van der Waals surface area contributed by atoms with Gasteiger partial charge in [0.1, 0.15) is 10.6 Å². The molecule has 136 valence electrons. The molecule has 1 aromatic heterocycles. The Bertz CT molecular complexity index is 676. The van der Waals surface area contributed by atoms with Crippen molar-refractivity contribution in [1.29, 1.82) is 0 Å². The second-order valence-corrected chi connectivity index (χ2v) is 8.14. The number of carbonyl (C=O) groups excluding carboxylic acids is 1. The number of hydrogen-bond donors (Lipinski definition) is 1. The van der Waals surface area contributed by atoms with E-state index in [1.54, 1.807) is 7.05 Å². The van der Waals surface area contributed by atoms with Gasteiger partial charge in [-0.05, 0) is 19.9 Å². The molecule has 9 heteroatoms. The Hall–Kier alpha value is -1.42. The predicted octanol–water partition coefficient (Wildman–Crippen LogP) is -0.145. The molecule has 0 saturated carbocycles. The van der Waals surface area contributed by atoms with Crippen LogP contribution >= 0.6 is 0 Å². The van der Waals surface area contributed by atoms with Crippen molar-refractivity contribution in [3.8, 4) is 0 Å². The molecule has 0 aliphatic carbocycles. The molecule has 1 aliphatic heterocycles. The highest BCUT2D eigenvalue weighted by molar-refractivity contribution is 7.89. The van der Waals surface area contributed by atoms with Crippen molar-refractivity contribution in [2.75, 3.05) is 39.3 Å². The first-order valence-electron chi connectivity index (χ1n) is 8.02. The Morgan fingerprint density at radius 3 is 2.42 bits per heavy atom. The van der Waals surface area contributed by atoms with Crippen LogP contribution in [0.5, 0.6) is 0 Å². The second-order valence-electron chi connectivity index (χ2n) is 6.20. The molecule has 8 nitrogen and oxygen atoms in total. The summed E-state index contributed by atoms with van der Waals surface area (Å²) in [7, 11) is -2.00. The average molecular weight is 358 g/mol. The summed E-state index contributed by atoms with van der Waals surface area (Å²) in [5.41, 5.74) is 5.43. The van der Waals surface area contributed by atoms with E-state index >= 15 is 0 Å². The number of hydrogen-bond acceptors (Lipinski definition) is 5. The second kappa shape index (κ2) is 7.64. The smallest absolute Gasteiger partial charge is 0.265 e. The van der Waals surface area contributed by atoms with Crippen molar-refractivity contribution in [3.05, 3.63) is 18.0 Å². The number of rotatable bonds is 7. The number of aromatic nitrogens is 1. The van der Waals surface area contributed by atoms with Crippen LogP contribution < -0.4 is 5.73 Å². The van der Waals surface area contributed by atoms with Crippen LogP contribution in [0.1, 0.15) is 24.3 Å². The van der Waals surface area contributed by atoms with Gasteiger partial charge in [-0.2, -0.15) is 4.31 Å². The summed E-state index contributed by atoms with van der Waals surface area (Å²) in [5, 5.41) is 0. The van der Waals surface area contributed by atoms with Crippen LogP contribution in [-0.2, 0) is 21.8 Å². The van der Waals surface area contributed by atoms with Crippen LogP contribution in [0, 0.1) is 0 Å². The summed E-state index contributed by atoms with van der Waals surface area (Å²) in [6.45, 7) is 7.59. The molecule has 1 aromatic rings. The Morgan fingerprint density at radius 2 is 1.92 bits per heavy atom. The molecule has 1 saturated heterocycles. The first kappa shape index (κ1) is 18.9. The zero-order chi connectivity index (χ0) is 17.9. The molecule has 2 rings (SSSR count). The fraction of sp³-hybridized carbons (Fsp3) is 0.667. The number of nitrogens with two attached hydrogens (primary N) is 1. The summed E-state index contributed by atoms with van der Waals surface area (Å²) >= 11 is 0. The Labute approximate surface area is 143 Å². The molecule has 1 amide bonds. The fourth-order valence-corrected chi connectivity index (χ4v) is 4.17. The van der Waals surface area contributed by atoms with E-state index in [0.29, 0.717) is 32.8 Å². The third-order valence-electron chi connectivity index (χ3n) is 4.06. The molecule has 24 heavy (non-hydrogen) atoms. The highest BCUT2D eigenvalue weighted by atomic mass is 32.2. The largest absolute Gasteiger partial charge is 0.377 e.